The predicted octanol–water partition coefficient (Wildman–Crippen LogP) is 2.42. The molecule has 0 spiro atoms. The summed E-state index contributed by atoms with van der Waals surface area (Å²) in [5.74, 6) is 0.542. The normalized spacial score (nSPS) is 11.2. The SMILES string of the molecule is COc1cc(CO)cc2c1[nH]c1c(C(C)=O)nccc12. The van der Waals surface area contributed by atoms with E-state index in [0.717, 1.165) is 21.9 Å². The lowest BCUT2D eigenvalue weighted by molar-refractivity contribution is 0.101. The summed E-state index contributed by atoms with van der Waals surface area (Å²) in [4.78, 5) is 19.0. The zero-order valence-corrected chi connectivity index (χ0v) is 11.2. The van der Waals surface area contributed by atoms with Crippen molar-refractivity contribution in [2.45, 2.75) is 13.5 Å². The number of methoxy groups -OCH3 is 1. The predicted molar refractivity (Wildman–Crippen MR) is 76.1 cm³/mol. The Morgan fingerprint density at radius 3 is 2.80 bits per heavy atom. The molecule has 0 unspecified atom stereocenters. The van der Waals surface area contributed by atoms with E-state index >= 15 is 0 Å². The van der Waals surface area contributed by atoms with Gasteiger partial charge in [-0.15, -0.1) is 0 Å². The Kier molecular flexibility index (Phi) is 2.91. The summed E-state index contributed by atoms with van der Waals surface area (Å²) in [6, 6.07) is 5.51. The van der Waals surface area contributed by atoms with Gasteiger partial charge in [0.25, 0.3) is 0 Å². The number of nitrogens with one attached hydrogen (secondary N) is 1. The summed E-state index contributed by atoms with van der Waals surface area (Å²) in [5.41, 5.74) is 2.67. The van der Waals surface area contributed by atoms with Crippen LogP contribution in [0.15, 0.2) is 24.4 Å². The first-order chi connectivity index (χ1) is 9.65. The average Bonchev–Trinajstić information content (AvgIpc) is 2.84. The third-order valence-electron chi connectivity index (χ3n) is 3.39. The molecule has 0 aliphatic heterocycles. The molecule has 0 aliphatic carbocycles. The number of benzene rings is 1. The Labute approximate surface area is 115 Å². The first kappa shape index (κ1) is 12.6. The maximum Gasteiger partial charge on any atom is 0.180 e. The molecule has 0 amide bonds. The van der Waals surface area contributed by atoms with Gasteiger partial charge in [-0.05, 0) is 23.8 Å². The number of H-pyrrole nitrogens is 1. The fourth-order valence-electron chi connectivity index (χ4n) is 2.47. The number of aliphatic hydroxyl groups excluding tert-OH is 1. The topological polar surface area (TPSA) is 75.2 Å². The summed E-state index contributed by atoms with van der Waals surface area (Å²) in [5, 5.41) is 11.1. The summed E-state index contributed by atoms with van der Waals surface area (Å²) < 4.78 is 5.35. The molecule has 20 heavy (non-hydrogen) atoms. The molecule has 3 rings (SSSR count). The van der Waals surface area contributed by atoms with E-state index in [4.69, 9.17) is 4.74 Å². The highest BCUT2D eigenvalue weighted by molar-refractivity contribution is 6.15. The minimum Gasteiger partial charge on any atom is -0.495 e. The molecule has 0 saturated heterocycles. The van der Waals surface area contributed by atoms with Gasteiger partial charge >= 0.3 is 0 Å². The van der Waals surface area contributed by atoms with Crippen molar-refractivity contribution in [1.82, 2.24) is 9.97 Å². The van der Waals surface area contributed by atoms with E-state index in [1.807, 2.05) is 12.1 Å². The van der Waals surface area contributed by atoms with Gasteiger partial charge in [0.15, 0.2) is 5.78 Å². The Morgan fingerprint density at radius 1 is 1.35 bits per heavy atom. The van der Waals surface area contributed by atoms with Crippen molar-refractivity contribution < 1.29 is 14.6 Å². The average molecular weight is 270 g/mol. The summed E-state index contributed by atoms with van der Waals surface area (Å²) >= 11 is 0. The Hall–Kier alpha value is -2.40. The lowest BCUT2D eigenvalue weighted by atomic mass is 10.1. The number of aliphatic hydroxyl groups is 1. The molecular weight excluding hydrogens is 256 g/mol. The fraction of sp³-hybridized carbons (Fsp3) is 0.200. The lowest BCUT2D eigenvalue weighted by Crippen LogP contribution is -1.96. The zero-order chi connectivity index (χ0) is 14.3. The molecule has 102 valence electrons. The van der Waals surface area contributed by atoms with Crippen LogP contribution in [-0.4, -0.2) is 28.0 Å². The maximum absolute atomic E-state index is 11.7. The van der Waals surface area contributed by atoms with Crippen molar-refractivity contribution in [1.29, 1.82) is 0 Å². The van der Waals surface area contributed by atoms with E-state index < -0.39 is 0 Å². The molecule has 1 aromatic carbocycles. The molecule has 0 radical (unpaired) electrons. The molecule has 5 nitrogen and oxygen atoms in total. The number of fused-ring (bicyclic) bond motifs is 3. The highest BCUT2D eigenvalue weighted by Crippen LogP contribution is 2.33. The van der Waals surface area contributed by atoms with E-state index in [1.165, 1.54) is 6.92 Å². The number of pyridine rings is 1. The molecule has 0 saturated carbocycles. The quantitative estimate of drug-likeness (QED) is 0.717. The number of carbonyl (C=O) groups excluding carboxylic acids is 1. The number of carbonyl (C=O) groups is 1. The van der Waals surface area contributed by atoms with Crippen LogP contribution in [0.5, 0.6) is 5.75 Å². The van der Waals surface area contributed by atoms with E-state index in [-0.39, 0.29) is 12.4 Å². The number of ketones is 1. The third-order valence-corrected chi connectivity index (χ3v) is 3.39. The molecule has 3 aromatic rings. The Bertz CT molecular complexity index is 821. The van der Waals surface area contributed by atoms with Gasteiger partial charge in [-0.2, -0.15) is 0 Å². The van der Waals surface area contributed by atoms with Crippen molar-refractivity contribution in [3.05, 3.63) is 35.7 Å². The number of nitrogens with zero attached hydrogens (tertiary/aromatic N) is 1. The number of rotatable bonds is 3. The van der Waals surface area contributed by atoms with Gasteiger partial charge in [0.05, 0.1) is 24.8 Å². The van der Waals surface area contributed by atoms with Gasteiger partial charge < -0.3 is 14.8 Å². The largest absolute Gasteiger partial charge is 0.495 e. The van der Waals surface area contributed by atoms with Crippen LogP contribution in [0.2, 0.25) is 0 Å². The zero-order valence-electron chi connectivity index (χ0n) is 11.2. The minimum absolute atomic E-state index is 0.0659. The van der Waals surface area contributed by atoms with Crippen LogP contribution in [0.25, 0.3) is 21.8 Å². The highest BCUT2D eigenvalue weighted by atomic mass is 16.5. The molecule has 2 N–H and O–H groups in total. The smallest absolute Gasteiger partial charge is 0.180 e. The lowest BCUT2D eigenvalue weighted by Gasteiger charge is -2.04. The minimum atomic E-state index is -0.0940. The Morgan fingerprint density at radius 2 is 2.15 bits per heavy atom. The fourth-order valence-corrected chi connectivity index (χ4v) is 2.47. The summed E-state index contributed by atoms with van der Waals surface area (Å²) in [7, 11) is 1.57. The Balaban J connectivity index is 2.47. The molecule has 2 aromatic heterocycles. The van der Waals surface area contributed by atoms with Crippen LogP contribution in [0.3, 0.4) is 0 Å². The second-order valence-corrected chi connectivity index (χ2v) is 4.64. The van der Waals surface area contributed by atoms with E-state index in [1.54, 1.807) is 19.4 Å². The van der Waals surface area contributed by atoms with Crippen molar-refractivity contribution >= 4 is 27.6 Å². The van der Waals surface area contributed by atoms with Crippen LogP contribution in [-0.2, 0) is 6.61 Å². The number of Topliss-reactive ketones (excluding diaryl/α,β-unsaturated/α-hetero) is 1. The first-order valence-corrected chi connectivity index (χ1v) is 6.24. The molecular formula is C15H14N2O3. The molecule has 0 bridgehead atoms. The molecule has 0 fully saturated rings. The van der Waals surface area contributed by atoms with Crippen LogP contribution >= 0.6 is 0 Å². The van der Waals surface area contributed by atoms with Crippen LogP contribution < -0.4 is 4.74 Å². The molecule has 0 aliphatic rings. The second kappa shape index (κ2) is 4.61. The third kappa shape index (κ3) is 1.75. The van der Waals surface area contributed by atoms with Crippen molar-refractivity contribution in [3.63, 3.8) is 0 Å². The van der Waals surface area contributed by atoms with Gasteiger partial charge in [-0.25, -0.2) is 0 Å². The second-order valence-electron chi connectivity index (χ2n) is 4.64. The van der Waals surface area contributed by atoms with Gasteiger partial charge in [-0.1, -0.05) is 0 Å². The van der Waals surface area contributed by atoms with Crippen LogP contribution in [0.4, 0.5) is 0 Å². The first-order valence-electron chi connectivity index (χ1n) is 6.24. The molecule has 2 heterocycles. The van der Waals surface area contributed by atoms with Crippen LogP contribution in [0.1, 0.15) is 23.0 Å². The van der Waals surface area contributed by atoms with Crippen molar-refractivity contribution in [2.24, 2.45) is 0 Å². The summed E-state index contributed by atoms with van der Waals surface area (Å²) in [6.07, 6.45) is 1.62. The van der Waals surface area contributed by atoms with Crippen LogP contribution in [0, 0.1) is 0 Å². The number of hydrogen-bond donors (Lipinski definition) is 2. The van der Waals surface area contributed by atoms with Crippen molar-refractivity contribution in [2.75, 3.05) is 7.11 Å². The van der Waals surface area contributed by atoms with Gasteiger partial charge in [0, 0.05) is 23.9 Å². The monoisotopic (exact) mass is 270 g/mol. The maximum atomic E-state index is 11.7. The summed E-state index contributed by atoms with van der Waals surface area (Å²) in [6.45, 7) is 1.42. The number of aromatic nitrogens is 2. The van der Waals surface area contributed by atoms with Crippen molar-refractivity contribution in [3.8, 4) is 5.75 Å². The highest BCUT2D eigenvalue weighted by Gasteiger charge is 2.15. The number of hydrogen-bond acceptors (Lipinski definition) is 4. The van der Waals surface area contributed by atoms with Gasteiger partial charge in [-0.3, -0.25) is 9.78 Å². The van der Waals surface area contributed by atoms with E-state index in [9.17, 15) is 9.90 Å². The number of aromatic amines is 1. The van der Waals surface area contributed by atoms with E-state index in [0.29, 0.717) is 17.0 Å². The van der Waals surface area contributed by atoms with Gasteiger partial charge in [0.2, 0.25) is 0 Å². The standard InChI is InChI=1S/C15H14N2O3/c1-8(19)13-15-10(3-4-16-13)11-5-9(7-18)6-12(20-2)14(11)17-15/h3-6,17-18H,7H2,1-2H3. The van der Waals surface area contributed by atoms with Gasteiger partial charge in [0.1, 0.15) is 11.4 Å². The molecule has 5 heteroatoms. The van der Waals surface area contributed by atoms with E-state index in [2.05, 4.69) is 9.97 Å². The molecule has 0 atom stereocenters. The number of ether oxygens (including phenoxy) is 1.